The highest BCUT2D eigenvalue weighted by atomic mass is 16.6. The van der Waals surface area contributed by atoms with Crippen LogP contribution in [-0.2, 0) is 21.0 Å². The van der Waals surface area contributed by atoms with Crippen molar-refractivity contribution in [3.8, 4) is 5.75 Å². The molecule has 0 fully saturated rings. The number of aliphatic carboxylic acids is 1. The Morgan fingerprint density at radius 3 is 2.90 bits per heavy atom. The number of nitrogens with zero attached hydrogens (tertiary/aromatic N) is 2. The SMILES string of the molecule is COc1cccc(CN(C)C(=O)C2CC(C(=O)O)=NO2)c1. The molecule has 21 heavy (non-hydrogen) atoms. The lowest BCUT2D eigenvalue weighted by atomic mass is 10.1. The average Bonchev–Trinajstić information content (AvgIpc) is 2.96. The quantitative estimate of drug-likeness (QED) is 0.870. The lowest BCUT2D eigenvalue weighted by Gasteiger charge is -2.20. The van der Waals surface area contributed by atoms with Gasteiger partial charge >= 0.3 is 5.97 Å². The number of hydrogen-bond donors (Lipinski definition) is 1. The summed E-state index contributed by atoms with van der Waals surface area (Å²) < 4.78 is 5.13. The van der Waals surface area contributed by atoms with Crippen LogP contribution in [0.15, 0.2) is 29.4 Å². The fourth-order valence-electron chi connectivity index (χ4n) is 2.00. The molecule has 1 aliphatic rings. The van der Waals surface area contributed by atoms with Crippen molar-refractivity contribution in [2.75, 3.05) is 14.2 Å². The van der Waals surface area contributed by atoms with Gasteiger partial charge in [-0.05, 0) is 17.7 Å². The molecule has 112 valence electrons. The predicted octanol–water partition coefficient (Wildman–Crippen LogP) is 0.883. The molecule has 0 saturated carbocycles. The van der Waals surface area contributed by atoms with E-state index in [0.29, 0.717) is 12.3 Å². The highest BCUT2D eigenvalue weighted by Gasteiger charge is 2.33. The number of likely N-dealkylation sites (N-methyl/N-ethyl adjacent to an activating group) is 1. The van der Waals surface area contributed by atoms with Crippen molar-refractivity contribution in [1.29, 1.82) is 0 Å². The zero-order valence-electron chi connectivity index (χ0n) is 11.8. The average molecular weight is 292 g/mol. The Hall–Kier alpha value is -2.57. The molecule has 0 saturated heterocycles. The van der Waals surface area contributed by atoms with Crippen LogP contribution in [0.25, 0.3) is 0 Å². The van der Waals surface area contributed by atoms with Gasteiger partial charge in [0.05, 0.1) is 7.11 Å². The van der Waals surface area contributed by atoms with Gasteiger partial charge in [-0.25, -0.2) is 4.79 Å². The van der Waals surface area contributed by atoms with E-state index in [9.17, 15) is 9.59 Å². The van der Waals surface area contributed by atoms with Crippen LogP contribution >= 0.6 is 0 Å². The van der Waals surface area contributed by atoms with Gasteiger partial charge in [0.1, 0.15) is 5.75 Å². The molecule has 1 aliphatic heterocycles. The number of carboxylic acids is 1. The Bertz CT molecular complexity index is 584. The lowest BCUT2D eigenvalue weighted by Crippen LogP contribution is -2.36. The summed E-state index contributed by atoms with van der Waals surface area (Å²) in [5.41, 5.74) is 0.769. The van der Waals surface area contributed by atoms with Crippen molar-refractivity contribution in [1.82, 2.24) is 4.90 Å². The molecule has 1 unspecified atom stereocenters. The first-order valence-corrected chi connectivity index (χ1v) is 6.35. The number of oxime groups is 1. The van der Waals surface area contributed by atoms with E-state index >= 15 is 0 Å². The summed E-state index contributed by atoms with van der Waals surface area (Å²) in [4.78, 5) is 29.3. The van der Waals surface area contributed by atoms with E-state index in [1.165, 1.54) is 4.90 Å². The van der Waals surface area contributed by atoms with E-state index in [4.69, 9.17) is 14.7 Å². The Kier molecular flexibility index (Phi) is 4.42. The van der Waals surface area contributed by atoms with E-state index < -0.39 is 12.1 Å². The molecule has 1 aromatic rings. The molecule has 0 radical (unpaired) electrons. The van der Waals surface area contributed by atoms with Gasteiger partial charge < -0.3 is 19.6 Å². The van der Waals surface area contributed by atoms with Crippen LogP contribution in [0.1, 0.15) is 12.0 Å². The summed E-state index contributed by atoms with van der Waals surface area (Å²) in [5.74, 6) is -0.763. The van der Waals surface area contributed by atoms with Crippen LogP contribution in [0.3, 0.4) is 0 Å². The number of carbonyl (C=O) groups excluding carboxylic acids is 1. The zero-order chi connectivity index (χ0) is 15.4. The number of benzene rings is 1. The molecule has 1 heterocycles. The molecule has 7 heteroatoms. The molecule has 0 spiro atoms. The van der Waals surface area contributed by atoms with Crippen LogP contribution in [0, 0.1) is 0 Å². The summed E-state index contributed by atoms with van der Waals surface area (Å²) in [5, 5.41) is 12.2. The summed E-state index contributed by atoms with van der Waals surface area (Å²) in [6.07, 6.45) is -0.886. The predicted molar refractivity (Wildman–Crippen MR) is 74.0 cm³/mol. The third-order valence-corrected chi connectivity index (χ3v) is 3.12. The maximum Gasteiger partial charge on any atom is 0.353 e. The third kappa shape index (κ3) is 3.50. The lowest BCUT2D eigenvalue weighted by molar-refractivity contribution is -0.141. The largest absolute Gasteiger partial charge is 0.497 e. The number of amides is 1. The number of ether oxygens (including phenoxy) is 1. The van der Waals surface area contributed by atoms with Gasteiger partial charge in [-0.15, -0.1) is 0 Å². The second kappa shape index (κ2) is 6.25. The van der Waals surface area contributed by atoms with Crippen molar-refractivity contribution in [3.05, 3.63) is 29.8 Å². The van der Waals surface area contributed by atoms with Crippen molar-refractivity contribution >= 4 is 17.6 Å². The standard InChI is InChI=1S/C14H16N2O5/c1-16(8-9-4-3-5-10(6-9)20-2)13(17)12-7-11(14(18)19)15-21-12/h3-6,12H,7-8H2,1-2H3,(H,18,19). The Morgan fingerprint density at radius 2 is 2.29 bits per heavy atom. The summed E-state index contributed by atoms with van der Waals surface area (Å²) in [7, 11) is 3.20. The minimum atomic E-state index is -1.17. The van der Waals surface area contributed by atoms with Gasteiger partial charge in [0.25, 0.3) is 5.91 Å². The highest BCUT2D eigenvalue weighted by Crippen LogP contribution is 2.17. The minimum absolute atomic E-state index is 0.0172. The molecular weight excluding hydrogens is 276 g/mol. The van der Waals surface area contributed by atoms with Gasteiger partial charge in [0.15, 0.2) is 5.71 Å². The van der Waals surface area contributed by atoms with Gasteiger partial charge in [-0.2, -0.15) is 0 Å². The van der Waals surface area contributed by atoms with E-state index in [1.54, 1.807) is 14.2 Å². The Labute approximate surface area is 121 Å². The van der Waals surface area contributed by atoms with Gasteiger partial charge in [0, 0.05) is 20.0 Å². The molecule has 7 nitrogen and oxygen atoms in total. The normalized spacial score (nSPS) is 16.9. The van der Waals surface area contributed by atoms with Gasteiger partial charge in [0.2, 0.25) is 6.10 Å². The van der Waals surface area contributed by atoms with Crippen LogP contribution in [0.2, 0.25) is 0 Å². The first kappa shape index (κ1) is 14.8. The summed E-state index contributed by atoms with van der Waals surface area (Å²) in [6, 6.07) is 7.36. The first-order valence-electron chi connectivity index (χ1n) is 6.35. The van der Waals surface area contributed by atoms with Crippen molar-refractivity contribution < 1.29 is 24.3 Å². The van der Waals surface area contributed by atoms with E-state index in [1.807, 2.05) is 24.3 Å². The van der Waals surface area contributed by atoms with Crippen molar-refractivity contribution in [2.24, 2.45) is 5.16 Å². The molecule has 1 atom stereocenters. The maximum absolute atomic E-state index is 12.2. The van der Waals surface area contributed by atoms with Crippen LogP contribution < -0.4 is 4.74 Å². The second-order valence-electron chi connectivity index (χ2n) is 4.69. The number of carboxylic acid groups (broad SMARTS) is 1. The molecule has 0 aliphatic carbocycles. The molecule has 1 amide bonds. The summed E-state index contributed by atoms with van der Waals surface area (Å²) in [6.45, 7) is 0.373. The van der Waals surface area contributed by atoms with Crippen molar-refractivity contribution in [2.45, 2.75) is 19.1 Å². The zero-order valence-corrected chi connectivity index (χ0v) is 11.8. The fourth-order valence-corrected chi connectivity index (χ4v) is 2.00. The fraction of sp³-hybridized carbons (Fsp3) is 0.357. The Morgan fingerprint density at radius 1 is 1.52 bits per heavy atom. The molecule has 0 bridgehead atoms. The molecular formula is C14H16N2O5. The van der Waals surface area contributed by atoms with Crippen LogP contribution in [0.4, 0.5) is 0 Å². The maximum atomic E-state index is 12.2. The van der Waals surface area contributed by atoms with Crippen LogP contribution in [-0.4, -0.2) is 47.9 Å². The summed E-state index contributed by atoms with van der Waals surface area (Å²) >= 11 is 0. The van der Waals surface area contributed by atoms with E-state index in [2.05, 4.69) is 5.16 Å². The Balaban J connectivity index is 1.96. The topological polar surface area (TPSA) is 88.4 Å². The molecule has 2 rings (SSSR count). The molecule has 1 N–H and O–H groups in total. The first-order chi connectivity index (χ1) is 10.0. The van der Waals surface area contributed by atoms with Crippen molar-refractivity contribution in [3.63, 3.8) is 0 Å². The molecule has 0 aromatic heterocycles. The number of hydrogen-bond acceptors (Lipinski definition) is 5. The minimum Gasteiger partial charge on any atom is -0.497 e. The number of rotatable bonds is 5. The van der Waals surface area contributed by atoms with E-state index in [0.717, 1.165) is 5.56 Å². The van der Waals surface area contributed by atoms with Gasteiger partial charge in [-0.3, -0.25) is 4.79 Å². The molecule has 1 aromatic carbocycles. The third-order valence-electron chi connectivity index (χ3n) is 3.12. The highest BCUT2D eigenvalue weighted by molar-refractivity contribution is 6.36. The van der Waals surface area contributed by atoms with E-state index in [-0.39, 0.29) is 18.0 Å². The number of carbonyl (C=O) groups is 2. The smallest absolute Gasteiger partial charge is 0.353 e. The number of methoxy groups -OCH3 is 1. The second-order valence-corrected chi connectivity index (χ2v) is 4.69. The van der Waals surface area contributed by atoms with Gasteiger partial charge in [-0.1, -0.05) is 17.3 Å². The van der Waals surface area contributed by atoms with Crippen LogP contribution in [0.5, 0.6) is 5.75 Å². The monoisotopic (exact) mass is 292 g/mol.